The molecule has 0 spiro atoms. The number of carbonyl (C=O) groups excluding carboxylic acids is 1. The number of nitrogens with zero attached hydrogens (tertiary/aromatic N) is 1. The molecule has 1 aliphatic carbocycles. The number of ether oxygens (including phenoxy) is 1. The van der Waals surface area contributed by atoms with Gasteiger partial charge in [0.2, 0.25) is 0 Å². The number of thiophene rings is 1. The average Bonchev–Trinajstić information content (AvgIpc) is 3.46. The predicted molar refractivity (Wildman–Crippen MR) is 127 cm³/mol. The van der Waals surface area contributed by atoms with Crippen molar-refractivity contribution in [1.82, 2.24) is 4.98 Å². The van der Waals surface area contributed by atoms with Crippen molar-refractivity contribution >= 4 is 34.7 Å². The number of nitrogens with one attached hydrogen (secondary N) is 1. The number of benzene rings is 1. The number of anilines is 1. The molecule has 30 heavy (non-hydrogen) atoms. The Kier molecular flexibility index (Phi) is 7.51. The summed E-state index contributed by atoms with van der Waals surface area (Å²) in [5.41, 5.74) is 5.09. The molecule has 2 aromatic heterocycles. The van der Waals surface area contributed by atoms with Crippen molar-refractivity contribution in [3.8, 4) is 21.6 Å². The van der Waals surface area contributed by atoms with Gasteiger partial charge >= 0.3 is 6.09 Å². The summed E-state index contributed by atoms with van der Waals surface area (Å²) in [6.07, 6.45) is 3.72. The second kappa shape index (κ2) is 10.1. The first kappa shape index (κ1) is 22.3. The molecule has 1 saturated carbocycles. The third-order valence-electron chi connectivity index (χ3n) is 4.53. The van der Waals surface area contributed by atoms with Gasteiger partial charge in [0.15, 0.2) is 0 Å². The van der Waals surface area contributed by atoms with Gasteiger partial charge in [-0.25, -0.2) is 4.79 Å². The van der Waals surface area contributed by atoms with Crippen LogP contribution in [0.25, 0.3) is 21.6 Å². The van der Waals surface area contributed by atoms with Gasteiger partial charge < -0.3 is 4.74 Å². The van der Waals surface area contributed by atoms with Crippen LogP contribution in [0.4, 0.5) is 10.5 Å². The highest BCUT2D eigenvalue weighted by Crippen LogP contribution is 2.41. The van der Waals surface area contributed by atoms with Crippen LogP contribution < -0.4 is 5.32 Å². The molecule has 0 unspecified atom stereocenters. The lowest BCUT2D eigenvalue weighted by atomic mass is 10.1. The van der Waals surface area contributed by atoms with Crippen LogP contribution in [0.5, 0.6) is 0 Å². The molecule has 3 aromatic rings. The number of aromatic nitrogens is 1. The highest BCUT2D eigenvalue weighted by molar-refractivity contribution is 7.14. The quantitative estimate of drug-likeness (QED) is 0.435. The Hall–Kier alpha value is -2.37. The number of rotatable bonds is 5. The Labute approximate surface area is 187 Å². The van der Waals surface area contributed by atoms with E-state index in [0.29, 0.717) is 16.6 Å². The number of hydrogen-bond acceptors (Lipinski definition) is 4. The van der Waals surface area contributed by atoms with Crippen LogP contribution >= 0.6 is 22.9 Å². The van der Waals surface area contributed by atoms with Crippen molar-refractivity contribution < 1.29 is 9.53 Å². The maximum Gasteiger partial charge on any atom is 0.411 e. The Bertz CT molecular complexity index is 1010. The van der Waals surface area contributed by atoms with E-state index >= 15 is 0 Å². The molecule has 6 heteroatoms. The van der Waals surface area contributed by atoms with Crippen molar-refractivity contribution in [2.75, 3.05) is 5.32 Å². The van der Waals surface area contributed by atoms with Gasteiger partial charge in [-0.3, -0.25) is 10.3 Å². The molecule has 1 aromatic carbocycles. The van der Waals surface area contributed by atoms with Crippen LogP contribution in [0.15, 0.2) is 48.0 Å². The normalized spacial score (nSPS) is 12.9. The van der Waals surface area contributed by atoms with E-state index in [-0.39, 0.29) is 6.10 Å². The molecule has 1 amide bonds. The third-order valence-corrected chi connectivity index (χ3v) is 5.81. The van der Waals surface area contributed by atoms with Crippen molar-refractivity contribution in [2.24, 2.45) is 0 Å². The highest BCUT2D eigenvalue weighted by Gasteiger charge is 2.25. The second-order valence-electron chi connectivity index (χ2n) is 7.22. The summed E-state index contributed by atoms with van der Waals surface area (Å²) in [7, 11) is 0. The predicted octanol–water partition coefficient (Wildman–Crippen LogP) is 7.99. The van der Waals surface area contributed by atoms with Gasteiger partial charge in [-0.15, -0.1) is 11.3 Å². The van der Waals surface area contributed by atoms with Crippen LogP contribution in [0.3, 0.4) is 0 Å². The number of amides is 1. The molecule has 2 heterocycles. The first-order chi connectivity index (χ1) is 14.5. The summed E-state index contributed by atoms with van der Waals surface area (Å²) in [5.74, 6) is 0.634. The van der Waals surface area contributed by atoms with E-state index in [2.05, 4.69) is 27.8 Å². The molecule has 1 aliphatic rings. The summed E-state index contributed by atoms with van der Waals surface area (Å²) in [6.45, 7) is 7.61. The molecule has 0 saturated heterocycles. The lowest BCUT2D eigenvalue weighted by molar-refractivity contribution is 0.130. The van der Waals surface area contributed by atoms with Gasteiger partial charge in [-0.2, -0.15) is 0 Å². The van der Waals surface area contributed by atoms with Crippen LogP contribution in [-0.4, -0.2) is 17.2 Å². The van der Waals surface area contributed by atoms with E-state index in [1.807, 2.05) is 38.2 Å². The molecular formula is C24H27ClN2O2S. The van der Waals surface area contributed by atoms with Crippen molar-refractivity contribution in [1.29, 1.82) is 0 Å². The maximum atomic E-state index is 11.7. The van der Waals surface area contributed by atoms with E-state index in [4.69, 9.17) is 16.3 Å². The number of carbonyl (C=O) groups is 1. The average molecular weight is 443 g/mol. The summed E-state index contributed by atoms with van der Waals surface area (Å²) >= 11 is 8.14. The van der Waals surface area contributed by atoms with Crippen molar-refractivity contribution in [3.05, 3.63) is 58.7 Å². The molecule has 1 N–H and O–H groups in total. The molecule has 0 bridgehead atoms. The zero-order valence-electron chi connectivity index (χ0n) is 17.7. The van der Waals surface area contributed by atoms with Gasteiger partial charge in [0.1, 0.15) is 0 Å². The second-order valence-corrected chi connectivity index (χ2v) is 8.54. The zero-order chi connectivity index (χ0) is 21.7. The molecular weight excluding hydrogens is 416 g/mol. The fourth-order valence-electron chi connectivity index (χ4n) is 3.01. The lowest BCUT2D eigenvalue weighted by Gasteiger charge is -2.10. The van der Waals surface area contributed by atoms with Crippen LogP contribution in [0.1, 0.15) is 52.1 Å². The van der Waals surface area contributed by atoms with Gasteiger partial charge in [-0.05, 0) is 79.6 Å². The van der Waals surface area contributed by atoms with Crippen molar-refractivity contribution in [3.63, 3.8) is 0 Å². The van der Waals surface area contributed by atoms with Gasteiger partial charge in [-0.1, -0.05) is 25.4 Å². The minimum atomic E-state index is -0.485. The minimum absolute atomic E-state index is 0.173. The van der Waals surface area contributed by atoms with E-state index in [1.165, 1.54) is 29.7 Å². The Morgan fingerprint density at radius 1 is 1.17 bits per heavy atom. The fourth-order valence-corrected chi connectivity index (χ4v) is 4.31. The van der Waals surface area contributed by atoms with E-state index in [1.54, 1.807) is 31.3 Å². The Balaban J connectivity index is 0.00000124. The van der Waals surface area contributed by atoms with Gasteiger partial charge in [0.05, 0.1) is 11.1 Å². The molecule has 4 rings (SSSR count). The maximum absolute atomic E-state index is 11.7. The van der Waals surface area contributed by atoms with Gasteiger partial charge in [0, 0.05) is 33.9 Å². The van der Waals surface area contributed by atoms with Crippen LogP contribution in [0.2, 0.25) is 5.02 Å². The minimum Gasteiger partial charge on any atom is -0.447 e. The summed E-state index contributed by atoms with van der Waals surface area (Å²) < 4.78 is 5.10. The van der Waals surface area contributed by atoms with Crippen LogP contribution in [0, 0.1) is 0 Å². The summed E-state index contributed by atoms with van der Waals surface area (Å²) in [5, 5.41) is 5.43. The third kappa shape index (κ3) is 5.61. The van der Waals surface area contributed by atoms with Gasteiger partial charge in [0.25, 0.3) is 0 Å². The van der Waals surface area contributed by atoms with Crippen molar-refractivity contribution in [2.45, 2.75) is 52.6 Å². The zero-order valence-corrected chi connectivity index (χ0v) is 19.3. The summed E-state index contributed by atoms with van der Waals surface area (Å²) in [6, 6.07) is 11.9. The highest BCUT2D eigenvalue weighted by atomic mass is 35.5. The molecule has 0 aliphatic heterocycles. The molecule has 0 radical (unpaired) electrons. The standard InChI is InChI=1S/C22H21ClN2O2S.C2H6/c1-13(2)27-22(26)25-17-5-6-18(19(23)11-17)21-10-16(12-28-21)15-7-8-24-20(9-15)14-3-4-14;1-2/h5-14H,3-4H2,1-2H3,(H,25,26);1-2H3. The smallest absolute Gasteiger partial charge is 0.411 e. The summed E-state index contributed by atoms with van der Waals surface area (Å²) in [4.78, 5) is 17.3. The number of hydrogen-bond donors (Lipinski definition) is 1. The largest absolute Gasteiger partial charge is 0.447 e. The fraction of sp³-hybridized carbons (Fsp3) is 0.333. The van der Waals surface area contributed by atoms with E-state index in [0.717, 1.165) is 10.4 Å². The first-order valence-corrected chi connectivity index (χ1v) is 11.6. The monoisotopic (exact) mass is 442 g/mol. The SMILES string of the molecule is CC.CC(C)OC(=O)Nc1ccc(-c2cc(-c3ccnc(C4CC4)c3)cs2)c(Cl)c1. The number of pyridine rings is 1. The topological polar surface area (TPSA) is 51.2 Å². The Morgan fingerprint density at radius 3 is 2.60 bits per heavy atom. The molecule has 1 fully saturated rings. The molecule has 0 atom stereocenters. The molecule has 158 valence electrons. The number of halogens is 1. The molecule has 4 nitrogen and oxygen atoms in total. The first-order valence-electron chi connectivity index (χ1n) is 10.3. The lowest BCUT2D eigenvalue weighted by Crippen LogP contribution is -2.17. The van der Waals surface area contributed by atoms with Crippen LogP contribution in [-0.2, 0) is 4.74 Å². The van der Waals surface area contributed by atoms with E-state index < -0.39 is 6.09 Å². The van der Waals surface area contributed by atoms with E-state index in [9.17, 15) is 4.79 Å². The Morgan fingerprint density at radius 2 is 1.93 bits per heavy atom.